The van der Waals surface area contributed by atoms with Crippen LogP contribution in [0.4, 0.5) is 5.82 Å². The predicted octanol–water partition coefficient (Wildman–Crippen LogP) is 6.21. The number of anilines is 1. The normalized spacial score (nSPS) is 11.2. The van der Waals surface area contributed by atoms with E-state index in [2.05, 4.69) is 74.1 Å². The SMILES string of the molecule is Cc1ccc(-c2csc3ncnc(N(CC(C)C)CC(C)C)c23)cc1.Cl. The van der Waals surface area contributed by atoms with Crippen LogP contribution in [0.15, 0.2) is 36.0 Å². The van der Waals surface area contributed by atoms with Gasteiger partial charge >= 0.3 is 0 Å². The van der Waals surface area contributed by atoms with Gasteiger partial charge in [0.2, 0.25) is 0 Å². The number of thiophene rings is 1. The quantitative estimate of drug-likeness (QED) is 0.502. The Balaban J connectivity index is 0.00000243. The third-order valence-corrected chi connectivity index (χ3v) is 5.07. The molecule has 0 bridgehead atoms. The van der Waals surface area contributed by atoms with Gasteiger partial charge < -0.3 is 4.90 Å². The van der Waals surface area contributed by atoms with Gasteiger partial charge in [0.15, 0.2) is 0 Å². The molecule has 5 heteroatoms. The second-order valence-corrected chi connectivity index (χ2v) is 8.44. The van der Waals surface area contributed by atoms with Crippen molar-refractivity contribution in [1.82, 2.24) is 9.97 Å². The van der Waals surface area contributed by atoms with Gasteiger partial charge in [-0.25, -0.2) is 9.97 Å². The first-order chi connectivity index (χ1) is 12.0. The van der Waals surface area contributed by atoms with Crippen molar-refractivity contribution in [3.8, 4) is 11.1 Å². The van der Waals surface area contributed by atoms with Crippen LogP contribution in [-0.4, -0.2) is 23.1 Å². The Hall–Kier alpha value is -1.65. The summed E-state index contributed by atoms with van der Waals surface area (Å²) in [7, 11) is 0. The Morgan fingerprint density at radius 3 is 2.15 bits per heavy atom. The molecule has 3 nitrogen and oxygen atoms in total. The second-order valence-electron chi connectivity index (χ2n) is 7.59. The van der Waals surface area contributed by atoms with Crippen molar-refractivity contribution in [2.45, 2.75) is 34.6 Å². The molecule has 140 valence electrons. The number of aromatic nitrogens is 2. The van der Waals surface area contributed by atoms with E-state index in [1.54, 1.807) is 17.7 Å². The molecule has 26 heavy (non-hydrogen) atoms. The van der Waals surface area contributed by atoms with Gasteiger partial charge in [0, 0.05) is 24.0 Å². The van der Waals surface area contributed by atoms with Gasteiger partial charge in [-0.2, -0.15) is 0 Å². The van der Waals surface area contributed by atoms with Crippen LogP contribution in [0.2, 0.25) is 0 Å². The van der Waals surface area contributed by atoms with Gasteiger partial charge in [-0.05, 0) is 24.3 Å². The zero-order valence-electron chi connectivity index (χ0n) is 16.2. The molecule has 0 unspecified atom stereocenters. The summed E-state index contributed by atoms with van der Waals surface area (Å²) < 4.78 is 0. The van der Waals surface area contributed by atoms with E-state index in [-0.39, 0.29) is 12.4 Å². The summed E-state index contributed by atoms with van der Waals surface area (Å²) in [6.07, 6.45) is 1.71. The topological polar surface area (TPSA) is 29.0 Å². The lowest BCUT2D eigenvalue weighted by atomic mass is 10.0. The Labute approximate surface area is 166 Å². The lowest BCUT2D eigenvalue weighted by molar-refractivity contribution is 0.550. The highest BCUT2D eigenvalue weighted by Gasteiger charge is 2.19. The number of benzene rings is 1. The van der Waals surface area contributed by atoms with E-state index in [9.17, 15) is 0 Å². The molecule has 0 aliphatic heterocycles. The van der Waals surface area contributed by atoms with Gasteiger partial charge in [0.05, 0.1) is 5.39 Å². The minimum Gasteiger partial charge on any atom is -0.355 e. The summed E-state index contributed by atoms with van der Waals surface area (Å²) >= 11 is 1.70. The summed E-state index contributed by atoms with van der Waals surface area (Å²) in [5, 5.41) is 3.41. The Morgan fingerprint density at radius 1 is 0.962 bits per heavy atom. The average molecular weight is 390 g/mol. The molecular weight excluding hydrogens is 362 g/mol. The Kier molecular flexibility index (Phi) is 7.01. The summed E-state index contributed by atoms with van der Waals surface area (Å²) in [6.45, 7) is 13.2. The molecule has 0 aliphatic rings. The van der Waals surface area contributed by atoms with E-state index in [0.29, 0.717) is 11.8 Å². The van der Waals surface area contributed by atoms with Crippen molar-refractivity contribution in [3.05, 3.63) is 41.5 Å². The number of hydrogen-bond acceptors (Lipinski definition) is 4. The fourth-order valence-electron chi connectivity index (χ4n) is 3.17. The molecule has 1 aromatic carbocycles. The minimum atomic E-state index is 0. The number of nitrogens with zero attached hydrogens (tertiary/aromatic N) is 3. The van der Waals surface area contributed by atoms with Gasteiger partial charge in [-0.1, -0.05) is 57.5 Å². The number of halogens is 1. The van der Waals surface area contributed by atoms with Crippen LogP contribution in [0.25, 0.3) is 21.3 Å². The molecule has 0 aliphatic carbocycles. The number of aryl methyl sites for hydroxylation is 1. The molecule has 3 aromatic rings. The van der Waals surface area contributed by atoms with E-state index >= 15 is 0 Å². The zero-order chi connectivity index (χ0) is 18.0. The minimum absolute atomic E-state index is 0. The average Bonchev–Trinajstić information content (AvgIpc) is 2.98. The van der Waals surface area contributed by atoms with Gasteiger partial charge in [-0.3, -0.25) is 0 Å². The summed E-state index contributed by atoms with van der Waals surface area (Å²) in [5.74, 6) is 2.25. The zero-order valence-corrected chi connectivity index (χ0v) is 17.8. The molecule has 2 aromatic heterocycles. The first-order valence-corrected chi connectivity index (χ1v) is 9.88. The molecule has 0 N–H and O–H groups in total. The Bertz CT molecular complexity index is 830. The Morgan fingerprint density at radius 2 is 1.58 bits per heavy atom. The summed E-state index contributed by atoms with van der Waals surface area (Å²) in [6, 6.07) is 8.73. The van der Waals surface area contributed by atoms with Crippen LogP contribution in [0.3, 0.4) is 0 Å². The smallest absolute Gasteiger partial charge is 0.141 e. The van der Waals surface area contributed by atoms with Crippen molar-refractivity contribution >= 4 is 39.8 Å². The first kappa shape index (κ1) is 20.7. The lowest BCUT2D eigenvalue weighted by Gasteiger charge is -2.28. The number of hydrogen-bond donors (Lipinski definition) is 0. The van der Waals surface area contributed by atoms with Gasteiger partial charge in [0.1, 0.15) is 17.0 Å². The molecule has 0 amide bonds. The maximum atomic E-state index is 4.71. The van der Waals surface area contributed by atoms with Crippen LogP contribution in [-0.2, 0) is 0 Å². The highest BCUT2D eigenvalue weighted by molar-refractivity contribution is 7.17. The van der Waals surface area contributed by atoms with Crippen molar-refractivity contribution in [2.24, 2.45) is 11.8 Å². The van der Waals surface area contributed by atoms with Crippen LogP contribution >= 0.6 is 23.7 Å². The van der Waals surface area contributed by atoms with Crippen LogP contribution in [0, 0.1) is 18.8 Å². The van der Waals surface area contributed by atoms with E-state index in [1.807, 2.05) is 0 Å². The third-order valence-electron chi connectivity index (χ3n) is 4.18. The number of rotatable bonds is 6. The fourth-order valence-corrected chi connectivity index (χ4v) is 4.08. The highest BCUT2D eigenvalue weighted by atomic mass is 35.5. The van der Waals surface area contributed by atoms with Crippen LogP contribution in [0.1, 0.15) is 33.3 Å². The van der Waals surface area contributed by atoms with E-state index < -0.39 is 0 Å². The monoisotopic (exact) mass is 389 g/mol. The van der Waals surface area contributed by atoms with Crippen molar-refractivity contribution in [3.63, 3.8) is 0 Å². The molecule has 0 saturated heterocycles. The molecule has 0 fully saturated rings. The van der Waals surface area contributed by atoms with Crippen molar-refractivity contribution in [1.29, 1.82) is 0 Å². The van der Waals surface area contributed by atoms with Crippen molar-refractivity contribution in [2.75, 3.05) is 18.0 Å². The largest absolute Gasteiger partial charge is 0.355 e. The van der Waals surface area contributed by atoms with Gasteiger partial charge in [0.25, 0.3) is 0 Å². The molecule has 0 spiro atoms. The second kappa shape index (κ2) is 8.83. The van der Waals surface area contributed by atoms with E-state index in [0.717, 1.165) is 23.7 Å². The lowest BCUT2D eigenvalue weighted by Crippen LogP contribution is -2.32. The molecular formula is C21H28ClN3S. The van der Waals surface area contributed by atoms with Gasteiger partial charge in [-0.15, -0.1) is 23.7 Å². The molecule has 0 saturated carbocycles. The standard InChI is InChI=1S/C21H27N3S.ClH/c1-14(2)10-24(11-15(3)4)20-19-18(12-25-21(19)23-13-22-20)17-8-6-16(5)7-9-17;/h6-9,12-15H,10-11H2,1-5H3;1H. The highest BCUT2D eigenvalue weighted by Crippen LogP contribution is 2.38. The maximum absolute atomic E-state index is 4.71. The predicted molar refractivity (Wildman–Crippen MR) is 117 cm³/mol. The van der Waals surface area contributed by atoms with Crippen LogP contribution in [0.5, 0.6) is 0 Å². The van der Waals surface area contributed by atoms with Crippen molar-refractivity contribution < 1.29 is 0 Å². The third kappa shape index (κ3) is 4.54. The number of fused-ring (bicyclic) bond motifs is 1. The van der Waals surface area contributed by atoms with E-state index in [1.165, 1.54) is 22.1 Å². The molecule has 0 atom stereocenters. The van der Waals surface area contributed by atoms with Crippen LogP contribution < -0.4 is 4.90 Å². The summed E-state index contributed by atoms with van der Waals surface area (Å²) in [4.78, 5) is 12.7. The maximum Gasteiger partial charge on any atom is 0.141 e. The fraction of sp³-hybridized carbons (Fsp3) is 0.429. The first-order valence-electron chi connectivity index (χ1n) is 9.00. The summed E-state index contributed by atoms with van der Waals surface area (Å²) in [5.41, 5.74) is 3.76. The molecule has 3 rings (SSSR count). The molecule has 2 heterocycles. The van der Waals surface area contributed by atoms with E-state index in [4.69, 9.17) is 4.98 Å². The molecule has 0 radical (unpaired) electrons.